The van der Waals surface area contributed by atoms with Crippen LogP contribution in [0.2, 0.25) is 0 Å². The summed E-state index contributed by atoms with van der Waals surface area (Å²) in [5.74, 6) is -0.858. The lowest BCUT2D eigenvalue weighted by Gasteiger charge is -2.10. The van der Waals surface area contributed by atoms with Crippen LogP contribution in [-0.2, 0) is 0 Å². The highest BCUT2D eigenvalue weighted by Gasteiger charge is 2.12. The number of aromatic hydroxyl groups is 4. The van der Waals surface area contributed by atoms with E-state index < -0.39 is 0 Å². The molecule has 5 heteroatoms. The third-order valence-corrected chi connectivity index (χ3v) is 3.34. The average Bonchev–Trinajstić information content (AvgIpc) is 2.53. The number of pyridine rings is 1. The SMILES string of the molecule is Oc1ccc(-c2cccnc2-c2ccc(O)c(O)c2)cc1O. The van der Waals surface area contributed by atoms with Crippen LogP contribution in [0.4, 0.5) is 0 Å². The van der Waals surface area contributed by atoms with E-state index in [2.05, 4.69) is 4.98 Å². The molecule has 1 aromatic heterocycles. The molecule has 0 unspecified atom stereocenters. The molecule has 0 spiro atoms. The fourth-order valence-corrected chi connectivity index (χ4v) is 2.23. The molecule has 0 bridgehead atoms. The van der Waals surface area contributed by atoms with Gasteiger partial charge in [0.15, 0.2) is 23.0 Å². The molecule has 2 aromatic carbocycles. The monoisotopic (exact) mass is 295 g/mol. The topological polar surface area (TPSA) is 93.8 Å². The zero-order valence-electron chi connectivity index (χ0n) is 11.4. The second-order valence-electron chi connectivity index (χ2n) is 4.81. The quantitative estimate of drug-likeness (QED) is 0.545. The van der Waals surface area contributed by atoms with Gasteiger partial charge in [0.2, 0.25) is 0 Å². The van der Waals surface area contributed by atoms with Crippen molar-refractivity contribution in [2.45, 2.75) is 0 Å². The Labute approximate surface area is 126 Å². The molecule has 110 valence electrons. The third-order valence-electron chi connectivity index (χ3n) is 3.34. The summed E-state index contributed by atoms with van der Waals surface area (Å²) in [4.78, 5) is 4.31. The molecule has 3 aromatic rings. The molecule has 0 amide bonds. The molecule has 4 N–H and O–H groups in total. The summed E-state index contributed by atoms with van der Waals surface area (Å²) < 4.78 is 0. The predicted molar refractivity (Wildman–Crippen MR) is 81.8 cm³/mol. The summed E-state index contributed by atoms with van der Waals surface area (Å²) in [6, 6.07) is 12.5. The smallest absolute Gasteiger partial charge is 0.158 e. The Morgan fingerprint density at radius 3 is 1.86 bits per heavy atom. The minimum Gasteiger partial charge on any atom is -0.504 e. The molecular weight excluding hydrogens is 282 g/mol. The van der Waals surface area contributed by atoms with Crippen molar-refractivity contribution in [2.75, 3.05) is 0 Å². The maximum atomic E-state index is 9.66. The molecule has 0 saturated heterocycles. The Hall–Kier alpha value is -3.21. The lowest BCUT2D eigenvalue weighted by Crippen LogP contribution is -1.89. The van der Waals surface area contributed by atoms with Crippen molar-refractivity contribution in [3.63, 3.8) is 0 Å². The van der Waals surface area contributed by atoms with E-state index in [0.29, 0.717) is 16.8 Å². The van der Waals surface area contributed by atoms with Gasteiger partial charge >= 0.3 is 0 Å². The van der Waals surface area contributed by atoms with Gasteiger partial charge in [-0.1, -0.05) is 12.1 Å². The Morgan fingerprint density at radius 2 is 1.23 bits per heavy atom. The Balaban J connectivity index is 2.17. The second kappa shape index (κ2) is 5.29. The number of rotatable bonds is 2. The number of phenolic OH excluding ortho intramolecular Hbond substituents is 4. The van der Waals surface area contributed by atoms with Crippen molar-refractivity contribution in [1.29, 1.82) is 0 Å². The van der Waals surface area contributed by atoms with Crippen molar-refractivity contribution in [3.8, 4) is 45.4 Å². The largest absolute Gasteiger partial charge is 0.504 e. The average molecular weight is 295 g/mol. The van der Waals surface area contributed by atoms with Gasteiger partial charge in [0.25, 0.3) is 0 Å². The van der Waals surface area contributed by atoms with Crippen molar-refractivity contribution < 1.29 is 20.4 Å². The summed E-state index contributed by atoms with van der Waals surface area (Å²) in [5, 5.41) is 38.1. The first-order valence-electron chi connectivity index (χ1n) is 6.56. The van der Waals surface area contributed by atoms with Crippen molar-refractivity contribution in [1.82, 2.24) is 4.98 Å². The van der Waals surface area contributed by atoms with Crippen LogP contribution >= 0.6 is 0 Å². The van der Waals surface area contributed by atoms with E-state index in [9.17, 15) is 20.4 Å². The summed E-state index contributed by atoms with van der Waals surface area (Å²) >= 11 is 0. The third kappa shape index (κ3) is 2.40. The molecule has 0 radical (unpaired) electrons. The number of aromatic nitrogens is 1. The Morgan fingerprint density at radius 1 is 0.636 bits per heavy atom. The highest BCUT2D eigenvalue weighted by molar-refractivity contribution is 5.82. The highest BCUT2D eigenvalue weighted by Crippen LogP contribution is 2.37. The second-order valence-corrected chi connectivity index (χ2v) is 4.81. The molecule has 5 nitrogen and oxygen atoms in total. The minimum atomic E-state index is -0.234. The van der Waals surface area contributed by atoms with E-state index in [0.717, 1.165) is 5.56 Å². The van der Waals surface area contributed by atoms with E-state index in [1.54, 1.807) is 24.4 Å². The van der Waals surface area contributed by atoms with Crippen LogP contribution in [0.25, 0.3) is 22.4 Å². The van der Waals surface area contributed by atoms with Gasteiger partial charge in [-0.05, 0) is 42.0 Å². The normalized spacial score (nSPS) is 10.5. The maximum Gasteiger partial charge on any atom is 0.158 e. The molecule has 1 heterocycles. The van der Waals surface area contributed by atoms with Crippen molar-refractivity contribution in [3.05, 3.63) is 54.7 Å². The molecular formula is C17H13NO4. The molecule has 0 fully saturated rings. The first-order valence-corrected chi connectivity index (χ1v) is 6.56. The predicted octanol–water partition coefficient (Wildman–Crippen LogP) is 3.24. The lowest BCUT2D eigenvalue weighted by atomic mass is 9.99. The van der Waals surface area contributed by atoms with Gasteiger partial charge in [-0.2, -0.15) is 0 Å². The van der Waals surface area contributed by atoms with E-state index in [-0.39, 0.29) is 23.0 Å². The number of nitrogens with zero attached hydrogens (tertiary/aromatic N) is 1. The van der Waals surface area contributed by atoms with Gasteiger partial charge in [0.1, 0.15) is 0 Å². The fraction of sp³-hybridized carbons (Fsp3) is 0. The molecule has 22 heavy (non-hydrogen) atoms. The number of hydrogen-bond donors (Lipinski definition) is 4. The van der Waals surface area contributed by atoms with Gasteiger partial charge in [-0.25, -0.2) is 0 Å². The van der Waals surface area contributed by atoms with E-state index in [1.807, 2.05) is 6.07 Å². The van der Waals surface area contributed by atoms with Crippen molar-refractivity contribution in [2.24, 2.45) is 0 Å². The van der Waals surface area contributed by atoms with Crippen molar-refractivity contribution >= 4 is 0 Å². The Bertz CT molecular complexity index is 775. The maximum absolute atomic E-state index is 9.66. The molecule has 3 rings (SSSR count). The van der Waals surface area contributed by atoms with Gasteiger partial charge < -0.3 is 20.4 Å². The molecule has 0 aliphatic heterocycles. The van der Waals surface area contributed by atoms with Crippen LogP contribution in [0.1, 0.15) is 0 Å². The first kappa shape index (κ1) is 13.8. The Kier molecular flexibility index (Phi) is 3.31. The van der Waals surface area contributed by atoms with E-state index in [4.69, 9.17) is 0 Å². The van der Waals surface area contributed by atoms with E-state index >= 15 is 0 Å². The van der Waals surface area contributed by atoms with Gasteiger partial charge in [-0.15, -0.1) is 0 Å². The van der Waals surface area contributed by atoms with Crippen LogP contribution in [0, 0.1) is 0 Å². The molecule has 0 aliphatic rings. The zero-order valence-corrected chi connectivity index (χ0v) is 11.4. The minimum absolute atomic E-state index is 0.198. The summed E-state index contributed by atoms with van der Waals surface area (Å²) in [5.41, 5.74) is 2.61. The van der Waals surface area contributed by atoms with Gasteiger partial charge in [0.05, 0.1) is 5.69 Å². The molecule has 0 aliphatic carbocycles. The summed E-state index contributed by atoms with van der Waals surface area (Å²) in [6.45, 7) is 0. The van der Waals surface area contributed by atoms with E-state index in [1.165, 1.54) is 24.3 Å². The highest BCUT2D eigenvalue weighted by atomic mass is 16.3. The molecule has 0 atom stereocenters. The zero-order chi connectivity index (χ0) is 15.7. The first-order chi connectivity index (χ1) is 10.6. The van der Waals surface area contributed by atoms with Crippen LogP contribution in [0.5, 0.6) is 23.0 Å². The van der Waals surface area contributed by atoms with Crippen LogP contribution in [0.15, 0.2) is 54.7 Å². The van der Waals surface area contributed by atoms with Crippen LogP contribution < -0.4 is 0 Å². The summed E-state index contributed by atoms with van der Waals surface area (Å²) in [7, 11) is 0. The number of phenols is 4. The standard InChI is InChI=1S/C17H13NO4/c19-13-5-3-10(8-15(13)21)12-2-1-7-18-17(12)11-4-6-14(20)16(22)9-11/h1-9,19-22H. The molecule has 0 saturated carbocycles. The lowest BCUT2D eigenvalue weighted by molar-refractivity contribution is 0.404. The summed E-state index contributed by atoms with van der Waals surface area (Å²) in [6.07, 6.45) is 1.61. The fourth-order valence-electron chi connectivity index (χ4n) is 2.23. The number of hydrogen-bond acceptors (Lipinski definition) is 5. The number of benzene rings is 2. The van der Waals surface area contributed by atoms with Crippen LogP contribution in [-0.4, -0.2) is 25.4 Å². The van der Waals surface area contributed by atoms with Gasteiger partial charge in [0, 0.05) is 17.3 Å². The van der Waals surface area contributed by atoms with Crippen LogP contribution in [0.3, 0.4) is 0 Å². The van der Waals surface area contributed by atoms with Gasteiger partial charge in [-0.3, -0.25) is 4.98 Å².